The predicted octanol–water partition coefficient (Wildman–Crippen LogP) is 3.43. The van der Waals surface area contributed by atoms with E-state index in [4.69, 9.17) is 11.6 Å². The van der Waals surface area contributed by atoms with Crippen molar-refractivity contribution in [3.05, 3.63) is 63.9 Å². The number of hydrogen-bond donors (Lipinski definition) is 1. The molecule has 0 saturated heterocycles. The van der Waals surface area contributed by atoms with E-state index in [2.05, 4.69) is 4.98 Å². The zero-order valence-corrected chi connectivity index (χ0v) is 10.6. The van der Waals surface area contributed by atoms with Gasteiger partial charge in [0.1, 0.15) is 11.3 Å². The van der Waals surface area contributed by atoms with Crippen molar-refractivity contribution >= 4 is 11.6 Å². The van der Waals surface area contributed by atoms with Crippen molar-refractivity contribution < 1.29 is 5.11 Å². The van der Waals surface area contributed by atoms with Crippen LogP contribution in [0.5, 0.6) is 0 Å². The Morgan fingerprint density at radius 2 is 1.94 bits per heavy atom. The number of aryl methyl sites for hydroxylation is 2. The van der Waals surface area contributed by atoms with Gasteiger partial charge in [-0.3, -0.25) is 0 Å². The monoisotopic (exact) mass is 247 g/mol. The lowest BCUT2D eigenvalue weighted by Gasteiger charge is -2.14. The van der Waals surface area contributed by atoms with Crippen LogP contribution in [-0.4, -0.2) is 10.1 Å². The molecule has 1 aromatic carbocycles. The molecule has 0 bridgehead atoms. The van der Waals surface area contributed by atoms with Crippen LogP contribution in [0.4, 0.5) is 0 Å². The van der Waals surface area contributed by atoms with Crippen molar-refractivity contribution in [1.29, 1.82) is 0 Å². The summed E-state index contributed by atoms with van der Waals surface area (Å²) in [5.41, 5.74) is 3.86. The third-order valence-electron chi connectivity index (χ3n) is 2.80. The van der Waals surface area contributed by atoms with Crippen LogP contribution in [0, 0.1) is 13.8 Å². The standard InChI is InChI=1S/C14H14ClNO/c1-9-3-4-10(2)12(7-9)14(17)11-5-6-13(15)16-8-11/h3-8,14,17H,1-2H3. The van der Waals surface area contributed by atoms with Gasteiger partial charge >= 0.3 is 0 Å². The van der Waals surface area contributed by atoms with Crippen molar-refractivity contribution in [2.75, 3.05) is 0 Å². The first-order valence-electron chi connectivity index (χ1n) is 5.44. The highest BCUT2D eigenvalue weighted by Gasteiger charge is 2.13. The Hall–Kier alpha value is -1.38. The number of rotatable bonds is 2. The summed E-state index contributed by atoms with van der Waals surface area (Å²) in [5.74, 6) is 0. The second kappa shape index (κ2) is 4.86. The van der Waals surface area contributed by atoms with Crippen LogP contribution in [0.25, 0.3) is 0 Å². The van der Waals surface area contributed by atoms with Gasteiger partial charge in [0.15, 0.2) is 0 Å². The molecular weight excluding hydrogens is 234 g/mol. The normalized spacial score (nSPS) is 12.5. The minimum absolute atomic E-state index is 0.432. The third kappa shape index (κ3) is 2.65. The number of benzene rings is 1. The molecule has 0 aliphatic rings. The number of halogens is 1. The van der Waals surface area contributed by atoms with Gasteiger partial charge in [-0.2, -0.15) is 0 Å². The Balaban J connectivity index is 2.39. The van der Waals surface area contributed by atoms with Crippen LogP contribution in [0.2, 0.25) is 5.15 Å². The summed E-state index contributed by atoms with van der Waals surface area (Å²) >= 11 is 5.73. The smallest absolute Gasteiger partial charge is 0.129 e. The van der Waals surface area contributed by atoms with Gasteiger partial charge in [0, 0.05) is 11.8 Å². The molecule has 88 valence electrons. The van der Waals surface area contributed by atoms with Gasteiger partial charge in [-0.25, -0.2) is 4.98 Å². The predicted molar refractivity (Wildman–Crippen MR) is 69.2 cm³/mol. The van der Waals surface area contributed by atoms with Crippen LogP contribution in [0.1, 0.15) is 28.4 Å². The van der Waals surface area contributed by atoms with Gasteiger partial charge in [-0.15, -0.1) is 0 Å². The summed E-state index contributed by atoms with van der Waals surface area (Å²) in [6.07, 6.45) is 0.953. The zero-order chi connectivity index (χ0) is 12.4. The molecule has 3 heteroatoms. The van der Waals surface area contributed by atoms with Crippen LogP contribution >= 0.6 is 11.6 Å². The highest BCUT2D eigenvalue weighted by molar-refractivity contribution is 6.29. The van der Waals surface area contributed by atoms with Crippen molar-refractivity contribution in [3.8, 4) is 0 Å². The fourth-order valence-electron chi connectivity index (χ4n) is 1.78. The molecule has 0 spiro atoms. The van der Waals surface area contributed by atoms with E-state index in [0.717, 1.165) is 22.3 Å². The van der Waals surface area contributed by atoms with E-state index in [9.17, 15) is 5.11 Å². The van der Waals surface area contributed by atoms with E-state index in [1.54, 1.807) is 18.3 Å². The summed E-state index contributed by atoms with van der Waals surface area (Å²) in [7, 11) is 0. The topological polar surface area (TPSA) is 33.1 Å². The molecular formula is C14H14ClNO. The maximum Gasteiger partial charge on any atom is 0.129 e. The molecule has 1 heterocycles. The molecule has 2 rings (SSSR count). The highest BCUT2D eigenvalue weighted by Crippen LogP contribution is 2.25. The number of aliphatic hydroxyl groups is 1. The average molecular weight is 248 g/mol. The van der Waals surface area contributed by atoms with E-state index in [1.807, 2.05) is 32.0 Å². The maximum absolute atomic E-state index is 10.3. The minimum Gasteiger partial charge on any atom is -0.384 e. The number of pyridine rings is 1. The van der Waals surface area contributed by atoms with Gasteiger partial charge in [0.25, 0.3) is 0 Å². The highest BCUT2D eigenvalue weighted by atomic mass is 35.5. The van der Waals surface area contributed by atoms with Crippen molar-refractivity contribution in [1.82, 2.24) is 4.98 Å². The second-order valence-electron chi connectivity index (χ2n) is 4.18. The second-order valence-corrected chi connectivity index (χ2v) is 4.56. The van der Waals surface area contributed by atoms with Crippen molar-refractivity contribution in [2.24, 2.45) is 0 Å². The Kier molecular flexibility index (Phi) is 3.46. The molecule has 2 aromatic rings. The first-order valence-corrected chi connectivity index (χ1v) is 5.82. The molecule has 1 aromatic heterocycles. The molecule has 17 heavy (non-hydrogen) atoms. The Morgan fingerprint density at radius 1 is 1.18 bits per heavy atom. The number of hydrogen-bond acceptors (Lipinski definition) is 2. The molecule has 1 unspecified atom stereocenters. The first-order chi connectivity index (χ1) is 8.08. The molecule has 1 atom stereocenters. The SMILES string of the molecule is Cc1ccc(C)c(C(O)c2ccc(Cl)nc2)c1. The largest absolute Gasteiger partial charge is 0.384 e. The molecule has 0 aliphatic carbocycles. The fraction of sp³-hybridized carbons (Fsp3) is 0.214. The molecule has 0 fully saturated rings. The first kappa shape index (κ1) is 12.1. The van der Waals surface area contributed by atoms with Gasteiger partial charge < -0.3 is 5.11 Å². The average Bonchev–Trinajstić information content (AvgIpc) is 2.32. The van der Waals surface area contributed by atoms with Gasteiger partial charge in [0.05, 0.1) is 0 Å². The van der Waals surface area contributed by atoms with Crippen molar-refractivity contribution in [2.45, 2.75) is 20.0 Å². The van der Waals surface area contributed by atoms with E-state index >= 15 is 0 Å². The Bertz CT molecular complexity index is 522. The summed E-state index contributed by atoms with van der Waals surface area (Å²) in [5, 5.41) is 10.7. The summed E-state index contributed by atoms with van der Waals surface area (Å²) < 4.78 is 0. The van der Waals surface area contributed by atoms with E-state index in [-0.39, 0.29) is 0 Å². The Labute approximate surface area is 106 Å². The number of aliphatic hydroxyl groups excluding tert-OH is 1. The van der Waals surface area contributed by atoms with Gasteiger partial charge in [-0.1, -0.05) is 41.4 Å². The number of nitrogens with zero attached hydrogens (tertiary/aromatic N) is 1. The number of aromatic nitrogens is 1. The van der Waals surface area contributed by atoms with Crippen LogP contribution in [0.3, 0.4) is 0 Å². The lowest BCUT2D eigenvalue weighted by Crippen LogP contribution is -2.02. The fourth-order valence-corrected chi connectivity index (χ4v) is 1.89. The molecule has 0 saturated carbocycles. The summed E-state index contributed by atoms with van der Waals surface area (Å²) in [4.78, 5) is 3.98. The molecule has 0 radical (unpaired) electrons. The molecule has 0 aliphatic heterocycles. The molecule has 0 amide bonds. The van der Waals surface area contributed by atoms with E-state index < -0.39 is 6.10 Å². The Morgan fingerprint density at radius 3 is 2.59 bits per heavy atom. The van der Waals surface area contributed by atoms with Crippen LogP contribution in [-0.2, 0) is 0 Å². The van der Waals surface area contributed by atoms with E-state index in [1.165, 1.54) is 0 Å². The lowest BCUT2D eigenvalue weighted by molar-refractivity contribution is 0.219. The third-order valence-corrected chi connectivity index (χ3v) is 3.02. The van der Waals surface area contributed by atoms with Gasteiger partial charge in [-0.05, 0) is 31.0 Å². The summed E-state index contributed by atoms with van der Waals surface area (Å²) in [6, 6.07) is 9.52. The van der Waals surface area contributed by atoms with Gasteiger partial charge in [0.2, 0.25) is 0 Å². The minimum atomic E-state index is -0.653. The quantitative estimate of drug-likeness (QED) is 0.825. The van der Waals surface area contributed by atoms with Crippen LogP contribution < -0.4 is 0 Å². The lowest BCUT2D eigenvalue weighted by atomic mass is 9.97. The molecule has 2 nitrogen and oxygen atoms in total. The van der Waals surface area contributed by atoms with Crippen molar-refractivity contribution in [3.63, 3.8) is 0 Å². The molecule has 1 N–H and O–H groups in total. The van der Waals surface area contributed by atoms with E-state index in [0.29, 0.717) is 5.15 Å². The summed E-state index contributed by atoms with van der Waals surface area (Å²) in [6.45, 7) is 4.00. The maximum atomic E-state index is 10.3. The zero-order valence-electron chi connectivity index (χ0n) is 9.81. The van der Waals surface area contributed by atoms with Crippen LogP contribution in [0.15, 0.2) is 36.5 Å².